The Kier molecular flexibility index (Phi) is 7.35. The summed E-state index contributed by atoms with van der Waals surface area (Å²) in [6, 6.07) is 3.11. The van der Waals surface area contributed by atoms with E-state index in [2.05, 4.69) is 37.9 Å². The second-order valence-corrected chi connectivity index (χ2v) is 6.09. The predicted molar refractivity (Wildman–Crippen MR) is 92.2 cm³/mol. The Balaban J connectivity index is 1.90. The standard InChI is InChI=1S/C16H21BrN4O2/c1-2-3-4-5-9-23-10-8-21-15(22)7-6-14(20-21)16-18-11-13(17)12-19-16/h6-7,11-12H,2-5,8-10H2,1H3. The van der Waals surface area contributed by atoms with Crippen molar-refractivity contribution in [2.75, 3.05) is 13.2 Å². The zero-order chi connectivity index (χ0) is 16.5. The van der Waals surface area contributed by atoms with Crippen LogP contribution in [0.3, 0.4) is 0 Å². The average molecular weight is 381 g/mol. The minimum atomic E-state index is -0.152. The Bertz CT molecular complexity index is 658. The molecule has 0 aromatic carbocycles. The lowest BCUT2D eigenvalue weighted by Crippen LogP contribution is -2.24. The number of ether oxygens (including phenoxy) is 1. The maximum Gasteiger partial charge on any atom is 0.266 e. The Morgan fingerprint density at radius 1 is 1.13 bits per heavy atom. The molecule has 0 aliphatic heterocycles. The number of rotatable bonds is 9. The Labute approximate surface area is 144 Å². The predicted octanol–water partition coefficient (Wildman–Crippen LogP) is 3.06. The minimum absolute atomic E-state index is 0.152. The van der Waals surface area contributed by atoms with Crippen LogP contribution in [-0.4, -0.2) is 33.0 Å². The van der Waals surface area contributed by atoms with Crippen molar-refractivity contribution in [2.24, 2.45) is 0 Å². The second kappa shape index (κ2) is 9.52. The average Bonchev–Trinajstić information content (AvgIpc) is 2.56. The smallest absolute Gasteiger partial charge is 0.266 e. The summed E-state index contributed by atoms with van der Waals surface area (Å²) < 4.78 is 7.76. The van der Waals surface area contributed by atoms with E-state index >= 15 is 0 Å². The van der Waals surface area contributed by atoms with Crippen LogP contribution in [0.1, 0.15) is 32.6 Å². The maximum atomic E-state index is 11.9. The van der Waals surface area contributed by atoms with Crippen LogP contribution in [0.15, 0.2) is 33.8 Å². The molecule has 0 fully saturated rings. The van der Waals surface area contributed by atoms with Crippen LogP contribution in [0, 0.1) is 0 Å². The molecule has 6 nitrogen and oxygen atoms in total. The van der Waals surface area contributed by atoms with E-state index in [0.29, 0.717) is 24.7 Å². The minimum Gasteiger partial charge on any atom is -0.380 e. The SMILES string of the molecule is CCCCCCOCCn1nc(-c2ncc(Br)cn2)ccc1=O. The number of hydrogen-bond donors (Lipinski definition) is 0. The fraction of sp³-hybridized carbons (Fsp3) is 0.500. The van der Waals surface area contributed by atoms with E-state index in [4.69, 9.17) is 4.74 Å². The van der Waals surface area contributed by atoms with Gasteiger partial charge in [0.1, 0.15) is 5.69 Å². The van der Waals surface area contributed by atoms with Crippen molar-refractivity contribution in [3.8, 4) is 11.5 Å². The van der Waals surface area contributed by atoms with Gasteiger partial charge < -0.3 is 4.74 Å². The van der Waals surface area contributed by atoms with Crippen molar-refractivity contribution in [1.82, 2.24) is 19.7 Å². The second-order valence-electron chi connectivity index (χ2n) is 5.18. The van der Waals surface area contributed by atoms with Crippen molar-refractivity contribution in [3.05, 3.63) is 39.4 Å². The highest BCUT2D eigenvalue weighted by molar-refractivity contribution is 9.10. The molecule has 0 N–H and O–H groups in total. The van der Waals surface area contributed by atoms with Gasteiger partial charge in [0.15, 0.2) is 5.82 Å². The first-order valence-corrected chi connectivity index (χ1v) is 8.64. The fourth-order valence-electron chi connectivity index (χ4n) is 2.06. The summed E-state index contributed by atoms with van der Waals surface area (Å²) >= 11 is 3.29. The molecule has 2 aromatic rings. The highest BCUT2D eigenvalue weighted by atomic mass is 79.9. The summed E-state index contributed by atoms with van der Waals surface area (Å²) in [6.07, 6.45) is 8.00. The van der Waals surface area contributed by atoms with Gasteiger partial charge in [0.2, 0.25) is 0 Å². The van der Waals surface area contributed by atoms with Gasteiger partial charge in [-0.25, -0.2) is 14.6 Å². The molecule has 7 heteroatoms. The maximum absolute atomic E-state index is 11.9. The normalized spacial score (nSPS) is 10.9. The van der Waals surface area contributed by atoms with Gasteiger partial charge in [0.25, 0.3) is 5.56 Å². The molecular formula is C16H21BrN4O2. The number of nitrogens with zero attached hydrogens (tertiary/aromatic N) is 4. The Morgan fingerprint density at radius 3 is 2.65 bits per heavy atom. The van der Waals surface area contributed by atoms with Crippen LogP contribution >= 0.6 is 15.9 Å². The lowest BCUT2D eigenvalue weighted by molar-refractivity contribution is 0.119. The lowest BCUT2D eigenvalue weighted by atomic mass is 10.2. The summed E-state index contributed by atoms with van der Waals surface area (Å²) in [6.45, 7) is 3.81. The summed E-state index contributed by atoms with van der Waals surface area (Å²) in [5.41, 5.74) is 0.417. The third kappa shape index (κ3) is 5.84. The van der Waals surface area contributed by atoms with E-state index in [1.54, 1.807) is 18.5 Å². The largest absolute Gasteiger partial charge is 0.380 e. The van der Waals surface area contributed by atoms with E-state index < -0.39 is 0 Å². The van der Waals surface area contributed by atoms with Gasteiger partial charge in [-0.05, 0) is 28.4 Å². The fourth-order valence-corrected chi connectivity index (χ4v) is 2.26. The quantitative estimate of drug-likeness (QED) is 0.625. The number of halogens is 1. The molecule has 0 saturated heterocycles. The van der Waals surface area contributed by atoms with Gasteiger partial charge >= 0.3 is 0 Å². The van der Waals surface area contributed by atoms with Crippen LogP contribution in [-0.2, 0) is 11.3 Å². The monoisotopic (exact) mass is 380 g/mol. The Hall–Kier alpha value is -1.60. The zero-order valence-electron chi connectivity index (χ0n) is 13.2. The first-order chi connectivity index (χ1) is 11.2. The van der Waals surface area contributed by atoms with Crippen molar-refractivity contribution in [3.63, 3.8) is 0 Å². The van der Waals surface area contributed by atoms with Crippen LogP contribution in [0.4, 0.5) is 0 Å². The van der Waals surface area contributed by atoms with Gasteiger partial charge in [-0.15, -0.1) is 0 Å². The van der Waals surface area contributed by atoms with E-state index in [-0.39, 0.29) is 5.56 Å². The first-order valence-electron chi connectivity index (χ1n) is 7.84. The van der Waals surface area contributed by atoms with Crippen LogP contribution in [0.5, 0.6) is 0 Å². The molecular weight excluding hydrogens is 360 g/mol. The van der Waals surface area contributed by atoms with Gasteiger partial charge in [-0.3, -0.25) is 4.79 Å². The molecule has 124 valence electrons. The molecule has 0 spiro atoms. The molecule has 0 bridgehead atoms. The van der Waals surface area contributed by atoms with Gasteiger partial charge in [-0.1, -0.05) is 26.2 Å². The molecule has 0 saturated carbocycles. The van der Waals surface area contributed by atoms with E-state index in [1.165, 1.54) is 30.0 Å². The number of hydrogen-bond acceptors (Lipinski definition) is 5. The summed E-state index contributed by atoms with van der Waals surface area (Å²) in [4.78, 5) is 20.2. The molecule has 0 radical (unpaired) electrons. The van der Waals surface area contributed by atoms with E-state index in [1.807, 2.05) is 0 Å². The van der Waals surface area contributed by atoms with E-state index in [9.17, 15) is 4.79 Å². The molecule has 0 aliphatic rings. The molecule has 23 heavy (non-hydrogen) atoms. The summed E-state index contributed by atoms with van der Waals surface area (Å²) in [7, 11) is 0. The molecule has 2 heterocycles. The van der Waals surface area contributed by atoms with Crippen LogP contribution < -0.4 is 5.56 Å². The van der Waals surface area contributed by atoms with E-state index in [0.717, 1.165) is 17.5 Å². The third-order valence-electron chi connectivity index (χ3n) is 3.31. The first kappa shape index (κ1) is 17.7. The lowest BCUT2D eigenvalue weighted by Gasteiger charge is -2.07. The van der Waals surface area contributed by atoms with Crippen LogP contribution in [0.25, 0.3) is 11.5 Å². The highest BCUT2D eigenvalue weighted by Crippen LogP contribution is 2.11. The van der Waals surface area contributed by atoms with Gasteiger partial charge in [0.05, 0.1) is 17.6 Å². The summed E-state index contributed by atoms with van der Waals surface area (Å²) in [5, 5.41) is 4.30. The van der Waals surface area contributed by atoms with Crippen molar-refractivity contribution < 1.29 is 4.74 Å². The van der Waals surface area contributed by atoms with Crippen molar-refractivity contribution >= 4 is 15.9 Å². The van der Waals surface area contributed by atoms with Gasteiger partial charge in [0, 0.05) is 25.1 Å². The number of aromatic nitrogens is 4. The van der Waals surface area contributed by atoms with Gasteiger partial charge in [-0.2, -0.15) is 5.10 Å². The molecule has 0 amide bonds. The summed E-state index contributed by atoms with van der Waals surface area (Å²) in [5.74, 6) is 0.488. The molecule has 2 aromatic heterocycles. The highest BCUT2D eigenvalue weighted by Gasteiger charge is 2.06. The molecule has 0 aliphatic carbocycles. The molecule has 2 rings (SSSR count). The zero-order valence-corrected chi connectivity index (χ0v) is 14.8. The molecule has 0 atom stereocenters. The molecule has 0 unspecified atom stereocenters. The van der Waals surface area contributed by atoms with Crippen molar-refractivity contribution in [2.45, 2.75) is 39.2 Å². The van der Waals surface area contributed by atoms with Crippen molar-refractivity contribution in [1.29, 1.82) is 0 Å². The third-order valence-corrected chi connectivity index (χ3v) is 3.72. The topological polar surface area (TPSA) is 69.9 Å². The Morgan fingerprint density at radius 2 is 1.91 bits per heavy atom. The van der Waals surface area contributed by atoms with Crippen LogP contribution in [0.2, 0.25) is 0 Å². The number of unbranched alkanes of at least 4 members (excludes halogenated alkanes) is 3.